The largest absolute Gasteiger partial charge is 0.133 e. The van der Waals surface area contributed by atoms with Crippen molar-refractivity contribution in [1.29, 1.82) is 0 Å². The number of halogens is 2. The molecular formula is C24H28Br2S. The fraction of sp³-hybridized carbons (Fsp3) is 0.417. The Bertz CT molecular complexity index is 741. The van der Waals surface area contributed by atoms with E-state index in [1.165, 1.54) is 84.9 Å². The standard InChI is InChI=1S/C24H28Br2S/c1-2-3-4-5-6-7-8-9-14-27-17-24-22-15-18(25)10-12-20(22)21-13-11-19(26)16-23(21)24/h10-13,15-17H,2-9,14H2,1H3. The Balaban J connectivity index is 1.56. The summed E-state index contributed by atoms with van der Waals surface area (Å²) in [5.74, 6) is 1.21. The van der Waals surface area contributed by atoms with E-state index >= 15 is 0 Å². The summed E-state index contributed by atoms with van der Waals surface area (Å²) < 4.78 is 2.29. The van der Waals surface area contributed by atoms with Crippen molar-refractivity contribution in [3.63, 3.8) is 0 Å². The maximum absolute atomic E-state index is 3.64. The Morgan fingerprint density at radius 2 is 1.22 bits per heavy atom. The number of hydrogen-bond donors (Lipinski definition) is 0. The van der Waals surface area contributed by atoms with Crippen molar-refractivity contribution in [2.75, 3.05) is 5.75 Å². The summed E-state index contributed by atoms with van der Waals surface area (Å²) in [6, 6.07) is 13.3. The molecule has 0 N–H and O–H groups in total. The summed E-state index contributed by atoms with van der Waals surface area (Å²) in [4.78, 5) is 0. The fourth-order valence-electron chi connectivity index (χ4n) is 3.68. The van der Waals surface area contributed by atoms with Crippen LogP contribution >= 0.6 is 43.6 Å². The van der Waals surface area contributed by atoms with E-state index in [4.69, 9.17) is 0 Å². The molecule has 0 bridgehead atoms. The molecule has 0 aromatic heterocycles. The van der Waals surface area contributed by atoms with Crippen molar-refractivity contribution in [1.82, 2.24) is 0 Å². The van der Waals surface area contributed by atoms with Crippen LogP contribution in [0.2, 0.25) is 0 Å². The van der Waals surface area contributed by atoms with Crippen molar-refractivity contribution in [2.24, 2.45) is 0 Å². The maximum Gasteiger partial charge on any atom is 0.0181 e. The van der Waals surface area contributed by atoms with Gasteiger partial charge in [0.25, 0.3) is 0 Å². The molecular weight excluding hydrogens is 480 g/mol. The Kier molecular flexibility index (Phi) is 8.54. The van der Waals surface area contributed by atoms with Gasteiger partial charge in [0.1, 0.15) is 0 Å². The number of unbranched alkanes of at least 4 members (excludes halogenated alkanes) is 7. The van der Waals surface area contributed by atoms with E-state index in [1.54, 1.807) is 0 Å². The second-order valence-electron chi connectivity index (χ2n) is 7.26. The van der Waals surface area contributed by atoms with Crippen molar-refractivity contribution in [3.8, 4) is 11.1 Å². The van der Waals surface area contributed by atoms with Gasteiger partial charge >= 0.3 is 0 Å². The first-order chi connectivity index (χ1) is 13.2. The van der Waals surface area contributed by atoms with Gasteiger partial charge in [0, 0.05) is 8.95 Å². The first-order valence-electron chi connectivity index (χ1n) is 10.1. The Hall–Kier alpha value is -0.510. The SMILES string of the molecule is CCCCCCCCCCSC=C1c2cc(Br)ccc2-c2ccc(Br)cc21. The van der Waals surface area contributed by atoms with Gasteiger partial charge in [0.15, 0.2) is 0 Å². The maximum atomic E-state index is 3.64. The average molecular weight is 508 g/mol. The molecule has 0 saturated heterocycles. The molecule has 0 radical (unpaired) electrons. The molecule has 3 rings (SSSR count). The summed E-state index contributed by atoms with van der Waals surface area (Å²) in [6.45, 7) is 2.28. The van der Waals surface area contributed by atoms with Crippen molar-refractivity contribution < 1.29 is 0 Å². The molecule has 0 heterocycles. The van der Waals surface area contributed by atoms with E-state index in [0.717, 1.165) is 8.95 Å². The van der Waals surface area contributed by atoms with Crippen LogP contribution in [0.1, 0.15) is 69.4 Å². The first-order valence-corrected chi connectivity index (χ1v) is 12.8. The highest BCUT2D eigenvalue weighted by atomic mass is 79.9. The molecule has 0 saturated carbocycles. The fourth-order valence-corrected chi connectivity index (χ4v) is 5.31. The van der Waals surface area contributed by atoms with Gasteiger partial charge in [-0.3, -0.25) is 0 Å². The van der Waals surface area contributed by atoms with Gasteiger partial charge in [-0.25, -0.2) is 0 Å². The molecule has 1 aliphatic carbocycles. The molecule has 0 unspecified atom stereocenters. The zero-order valence-corrected chi connectivity index (χ0v) is 20.1. The third-order valence-electron chi connectivity index (χ3n) is 5.15. The van der Waals surface area contributed by atoms with Crippen LogP contribution in [-0.2, 0) is 0 Å². The molecule has 144 valence electrons. The predicted octanol–water partition coefficient (Wildman–Crippen LogP) is 9.46. The van der Waals surface area contributed by atoms with Crippen LogP contribution in [0, 0.1) is 0 Å². The van der Waals surface area contributed by atoms with Gasteiger partial charge in [0.2, 0.25) is 0 Å². The summed E-state index contributed by atoms with van der Waals surface area (Å²) in [5, 5.41) is 2.38. The van der Waals surface area contributed by atoms with E-state index in [9.17, 15) is 0 Å². The quantitative estimate of drug-likeness (QED) is 0.246. The predicted molar refractivity (Wildman–Crippen MR) is 129 cm³/mol. The highest BCUT2D eigenvalue weighted by Gasteiger charge is 2.23. The minimum absolute atomic E-state index is 1.15. The van der Waals surface area contributed by atoms with Crippen LogP contribution in [-0.4, -0.2) is 5.75 Å². The molecule has 27 heavy (non-hydrogen) atoms. The van der Waals surface area contributed by atoms with Crippen LogP contribution in [0.15, 0.2) is 50.8 Å². The second-order valence-corrected chi connectivity index (χ2v) is 10.1. The Morgan fingerprint density at radius 3 is 1.78 bits per heavy atom. The van der Waals surface area contributed by atoms with Crippen molar-refractivity contribution in [3.05, 3.63) is 61.9 Å². The van der Waals surface area contributed by atoms with Gasteiger partial charge in [-0.15, -0.1) is 11.8 Å². The summed E-state index contributed by atoms with van der Waals surface area (Å²) in [5.41, 5.74) is 6.76. The number of benzene rings is 2. The van der Waals surface area contributed by atoms with Crippen LogP contribution in [0.3, 0.4) is 0 Å². The smallest absolute Gasteiger partial charge is 0.0181 e. The van der Waals surface area contributed by atoms with Crippen LogP contribution in [0.5, 0.6) is 0 Å². The highest BCUT2D eigenvalue weighted by Crippen LogP contribution is 2.46. The van der Waals surface area contributed by atoms with Crippen molar-refractivity contribution >= 4 is 49.2 Å². The highest BCUT2D eigenvalue weighted by molar-refractivity contribution is 9.10. The zero-order chi connectivity index (χ0) is 19.1. The van der Waals surface area contributed by atoms with Gasteiger partial charge in [-0.05, 0) is 69.7 Å². The van der Waals surface area contributed by atoms with E-state index < -0.39 is 0 Å². The van der Waals surface area contributed by atoms with Crippen LogP contribution in [0.4, 0.5) is 0 Å². The molecule has 0 amide bonds. The zero-order valence-electron chi connectivity index (χ0n) is 16.1. The minimum atomic E-state index is 1.15. The molecule has 1 aliphatic rings. The van der Waals surface area contributed by atoms with Gasteiger partial charge in [-0.1, -0.05) is 95.9 Å². The third-order valence-corrected chi connectivity index (χ3v) is 7.06. The summed E-state index contributed by atoms with van der Waals surface area (Å²) >= 11 is 9.25. The molecule has 2 aromatic carbocycles. The average Bonchev–Trinajstić information content (AvgIpc) is 2.95. The minimum Gasteiger partial charge on any atom is -0.133 e. The van der Waals surface area contributed by atoms with E-state index in [1.807, 2.05) is 11.8 Å². The molecule has 0 nitrogen and oxygen atoms in total. The lowest BCUT2D eigenvalue weighted by Gasteiger charge is -2.05. The molecule has 0 aliphatic heterocycles. The monoisotopic (exact) mass is 506 g/mol. The Morgan fingerprint density at radius 1 is 0.704 bits per heavy atom. The lowest BCUT2D eigenvalue weighted by atomic mass is 10.1. The number of thioether (sulfide) groups is 1. The molecule has 3 heteroatoms. The molecule has 2 aromatic rings. The number of rotatable bonds is 10. The summed E-state index contributed by atoms with van der Waals surface area (Å²) in [7, 11) is 0. The van der Waals surface area contributed by atoms with Gasteiger partial charge in [-0.2, -0.15) is 0 Å². The number of fused-ring (bicyclic) bond motifs is 3. The lowest BCUT2D eigenvalue weighted by molar-refractivity contribution is 0.586. The first kappa shape index (κ1) is 21.2. The van der Waals surface area contributed by atoms with Gasteiger partial charge < -0.3 is 0 Å². The topological polar surface area (TPSA) is 0 Å². The molecule has 0 spiro atoms. The third kappa shape index (κ3) is 5.74. The van der Waals surface area contributed by atoms with E-state index in [-0.39, 0.29) is 0 Å². The summed E-state index contributed by atoms with van der Waals surface area (Å²) in [6.07, 6.45) is 11.1. The van der Waals surface area contributed by atoms with Crippen LogP contribution in [0.25, 0.3) is 16.7 Å². The van der Waals surface area contributed by atoms with E-state index in [0.29, 0.717) is 0 Å². The number of hydrogen-bond acceptors (Lipinski definition) is 1. The van der Waals surface area contributed by atoms with E-state index in [2.05, 4.69) is 80.6 Å². The normalized spacial score (nSPS) is 12.2. The molecule has 0 fully saturated rings. The lowest BCUT2D eigenvalue weighted by Crippen LogP contribution is -1.84. The second kappa shape index (κ2) is 10.9. The van der Waals surface area contributed by atoms with Crippen molar-refractivity contribution in [2.45, 2.75) is 58.3 Å². The molecule has 0 atom stereocenters. The van der Waals surface area contributed by atoms with Crippen LogP contribution < -0.4 is 0 Å². The Labute approximate surface area is 185 Å². The van der Waals surface area contributed by atoms with Gasteiger partial charge in [0.05, 0.1) is 0 Å².